The van der Waals surface area contributed by atoms with Gasteiger partial charge in [-0.3, -0.25) is 0 Å². The van der Waals surface area contributed by atoms with Gasteiger partial charge in [0.15, 0.2) is 0 Å². The van der Waals surface area contributed by atoms with E-state index >= 15 is 0 Å². The lowest BCUT2D eigenvalue weighted by molar-refractivity contribution is 1.20. The molecule has 1 nitrogen and oxygen atoms in total. The van der Waals surface area contributed by atoms with E-state index in [1.165, 1.54) is 81.7 Å². The summed E-state index contributed by atoms with van der Waals surface area (Å²) in [5.41, 5.74) is 6.17. The van der Waals surface area contributed by atoms with E-state index < -0.39 is 0 Å². The van der Waals surface area contributed by atoms with Crippen molar-refractivity contribution in [2.24, 2.45) is 0 Å². The quantitative estimate of drug-likeness (QED) is 0.200. The van der Waals surface area contributed by atoms with Gasteiger partial charge in [-0.1, -0.05) is 121 Å². The van der Waals surface area contributed by atoms with E-state index in [1.54, 1.807) is 0 Å². The maximum atomic E-state index is 2.44. The number of hydrogen-bond acceptors (Lipinski definition) is 0. The molecule has 0 saturated heterocycles. The second-order valence-corrected chi connectivity index (χ2v) is 11.0. The molecule has 1 heterocycles. The minimum atomic E-state index is 1.22. The van der Waals surface area contributed by atoms with Gasteiger partial charge in [-0.05, 0) is 79.2 Å². The molecule has 0 atom stereocenters. The molecule has 0 saturated carbocycles. The van der Waals surface area contributed by atoms with Gasteiger partial charge in [0.1, 0.15) is 0 Å². The summed E-state index contributed by atoms with van der Waals surface area (Å²) in [6, 6.07) is 55.6. The third kappa shape index (κ3) is 3.30. The molecule has 1 aromatic heterocycles. The van der Waals surface area contributed by atoms with E-state index in [4.69, 9.17) is 0 Å². The zero-order chi connectivity index (χ0) is 26.9. The first-order valence-electron chi connectivity index (χ1n) is 14.2. The summed E-state index contributed by atoms with van der Waals surface area (Å²) in [7, 11) is 0. The highest BCUT2D eigenvalue weighted by Crippen LogP contribution is 2.39. The van der Waals surface area contributed by atoms with Crippen molar-refractivity contribution in [3.63, 3.8) is 0 Å². The van der Waals surface area contributed by atoms with Gasteiger partial charge in [0.2, 0.25) is 0 Å². The molecule has 0 radical (unpaired) electrons. The third-order valence-corrected chi connectivity index (χ3v) is 8.74. The van der Waals surface area contributed by atoms with Crippen LogP contribution in [0.25, 0.3) is 81.7 Å². The lowest BCUT2D eigenvalue weighted by Gasteiger charge is -2.12. The highest BCUT2D eigenvalue weighted by Gasteiger charge is 2.16. The van der Waals surface area contributed by atoms with Gasteiger partial charge < -0.3 is 4.57 Å². The van der Waals surface area contributed by atoms with Crippen molar-refractivity contribution in [3.8, 4) is 16.8 Å². The van der Waals surface area contributed by atoms with Crippen molar-refractivity contribution in [2.45, 2.75) is 0 Å². The number of hydrogen-bond donors (Lipinski definition) is 0. The maximum Gasteiger partial charge on any atom is 0.0547 e. The number of rotatable bonds is 2. The molecule has 0 fully saturated rings. The first-order chi connectivity index (χ1) is 20.3. The second kappa shape index (κ2) is 8.55. The molecule has 0 aliphatic rings. The maximum absolute atomic E-state index is 2.44. The minimum absolute atomic E-state index is 1.22. The summed E-state index contributed by atoms with van der Waals surface area (Å²) in [6.07, 6.45) is 0. The van der Waals surface area contributed by atoms with Crippen molar-refractivity contribution in [2.75, 3.05) is 0 Å². The second-order valence-electron chi connectivity index (χ2n) is 11.0. The highest BCUT2D eigenvalue weighted by atomic mass is 15.0. The van der Waals surface area contributed by atoms with Crippen LogP contribution in [0.15, 0.2) is 152 Å². The highest BCUT2D eigenvalue weighted by molar-refractivity contribution is 6.22. The first-order valence-corrected chi connectivity index (χ1v) is 14.2. The Morgan fingerprint density at radius 2 is 0.878 bits per heavy atom. The van der Waals surface area contributed by atoms with E-state index in [2.05, 4.69) is 156 Å². The Morgan fingerprint density at radius 1 is 0.317 bits per heavy atom. The normalized spacial score (nSPS) is 11.9. The van der Waals surface area contributed by atoms with Gasteiger partial charge >= 0.3 is 0 Å². The smallest absolute Gasteiger partial charge is 0.0547 e. The summed E-state index contributed by atoms with van der Waals surface area (Å²) in [4.78, 5) is 0. The third-order valence-electron chi connectivity index (χ3n) is 8.74. The lowest BCUT2D eigenvalue weighted by Crippen LogP contribution is -1.95. The Hall–Kier alpha value is -5.40. The van der Waals surface area contributed by atoms with Gasteiger partial charge in [-0.15, -0.1) is 0 Å². The molecule has 0 bridgehead atoms. The average molecular weight is 520 g/mol. The molecule has 0 N–H and O–H groups in total. The van der Waals surface area contributed by atoms with E-state index in [1.807, 2.05) is 0 Å². The van der Waals surface area contributed by atoms with Crippen LogP contribution in [0.1, 0.15) is 0 Å². The Kier molecular flexibility index (Phi) is 4.67. The molecule has 0 aliphatic carbocycles. The van der Waals surface area contributed by atoms with E-state index in [0.717, 1.165) is 0 Å². The predicted octanol–water partition coefficient (Wildman–Crippen LogP) is 11.1. The van der Waals surface area contributed by atoms with Crippen molar-refractivity contribution >= 4 is 64.9 Å². The fraction of sp³-hybridized carbons (Fsp3) is 0. The van der Waals surface area contributed by atoms with Gasteiger partial charge in [0.25, 0.3) is 0 Å². The molecule has 0 unspecified atom stereocenters. The predicted molar refractivity (Wildman–Crippen MR) is 176 cm³/mol. The van der Waals surface area contributed by atoms with Gasteiger partial charge in [-0.2, -0.15) is 0 Å². The molecule has 0 aliphatic heterocycles. The Balaban J connectivity index is 1.27. The van der Waals surface area contributed by atoms with Crippen LogP contribution in [0.3, 0.4) is 0 Å². The minimum Gasteiger partial charge on any atom is -0.309 e. The first kappa shape index (κ1) is 22.4. The zero-order valence-corrected chi connectivity index (χ0v) is 22.4. The van der Waals surface area contributed by atoms with Crippen LogP contribution in [0, 0.1) is 0 Å². The number of fused-ring (bicyclic) bond motifs is 9. The molecule has 190 valence electrons. The van der Waals surface area contributed by atoms with Crippen molar-refractivity contribution in [3.05, 3.63) is 152 Å². The molecule has 9 rings (SSSR count). The molecule has 1 heteroatoms. The molecule has 41 heavy (non-hydrogen) atoms. The van der Waals surface area contributed by atoms with Crippen LogP contribution in [0.5, 0.6) is 0 Å². The SMILES string of the molecule is c1ccc2c(-n3c4ccccc4c4c5ccc(-c6ccc7c(ccc8ccccc87)c6)cc5ccc43)cccc2c1. The van der Waals surface area contributed by atoms with Crippen LogP contribution >= 0.6 is 0 Å². The molecule has 0 spiro atoms. The number of benzene rings is 8. The van der Waals surface area contributed by atoms with E-state index in [9.17, 15) is 0 Å². The van der Waals surface area contributed by atoms with Crippen molar-refractivity contribution in [1.82, 2.24) is 4.57 Å². The number of nitrogens with zero attached hydrogens (tertiary/aromatic N) is 1. The molecule has 9 aromatic rings. The average Bonchev–Trinajstić information content (AvgIpc) is 3.38. The van der Waals surface area contributed by atoms with Crippen LogP contribution in [0.2, 0.25) is 0 Å². The summed E-state index contributed by atoms with van der Waals surface area (Å²) in [5.74, 6) is 0. The van der Waals surface area contributed by atoms with Crippen LogP contribution in [-0.2, 0) is 0 Å². The molecule has 0 amide bonds. The fourth-order valence-corrected chi connectivity index (χ4v) is 6.83. The van der Waals surface area contributed by atoms with Crippen LogP contribution in [0.4, 0.5) is 0 Å². The zero-order valence-electron chi connectivity index (χ0n) is 22.4. The lowest BCUT2D eigenvalue weighted by atomic mass is 9.95. The summed E-state index contributed by atoms with van der Waals surface area (Å²) < 4.78 is 2.44. The van der Waals surface area contributed by atoms with E-state index in [-0.39, 0.29) is 0 Å². The summed E-state index contributed by atoms with van der Waals surface area (Å²) >= 11 is 0. The van der Waals surface area contributed by atoms with Gasteiger partial charge in [-0.25, -0.2) is 0 Å². The molecular formula is C40H25N. The topological polar surface area (TPSA) is 4.93 Å². The number of para-hydroxylation sites is 1. The Bertz CT molecular complexity index is 2470. The summed E-state index contributed by atoms with van der Waals surface area (Å²) in [5, 5.41) is 12.8. The molecular weight excluding hydrogens is 494 g/mol. The fourth-order valence-electron chi connectivity index (χ4n) is 6.83. The van der Waals surface area contributed by atoms with E-state index in [0.29, 0.717) is 0 Å². The van der Waals surface area contributed by atoms with Crippen molar-refractivity contribution in [1.29, 1.82) is 0 Å². The van der Waals surface area contributed by atoms with Crippen molar-refractivity contribution < 1.29 is 0 Å². The standard InChI is InChI=1S/C40H25N/c1-3-11-32-27(9-1)16-17-30-24-28(18-21-33(30)32)29-19-22-35-31(25-29)20-23-39-40(35)36-13-5-6-14-38(36)41(39)37-15-7-10-26-8-2-4-12-34(26)37/h1-25H. The Labute approximate surface area is 237 Å². The van der Waals surface area contributed by atoms with Gasteiger partial charge in [0.05, 0.1) is 16.7 Å². The van der Waals surface area contributed by atoms with Crippen LogP contribution < -0.4 is 0 Å². The molecule has 8 aromatic carbocycles. The van der Waals surface area contributed by atoms with Gasteiger partial charge in [0, 0.05) is 16.2 Å². The summed E-state index contributed by atoms with van der Waals surface area (Å²) in [6.45, 7) is 0. The largest absolute Gasteiger partial charge is 0.309 e. The number of aromatic nitrogens is 1. The van der Waals surface area contributed by atoms with Crippen LogP contribution in [-0.4, -0.2) is 4.57 Å². The monoisotopic (exact) mass is 519 g/mol. The Morgan fingerprint density at radius 3 is 1.71 bits per heavy atom.